The lowest BCUT2D eigenvalue weighted by molar-refractivity contribution is -0.142. The van der Waals surface area contributed by atoms with E-state index in [2.05, 4.69) is 10.1 Å². The minimum absolute atomic E-state index is 0.196. The molecule has 2 heterocycles. The number of halogens is 3. The molecule has 0 fully saturated rings. The summed E-state index contributed by atoms with van der Waals surface area (Å²) in [7, 11) is 3.30. The molecule has 0 saturated heterocycles. The number of hydrogen-bond acceptors (Lipinski definition) is 3. The first-order valence-corrected chi connectivity index (χ1v) is 8.28. The van der Waals surface area contributed by atoms with Crippen molar-refractivity contribution in [1.82, 2.24) is 19.7 Å². The molecule has 0 spiro atoms. The predicted molar refractivity (Wildman–Crippen MR) is 96.5 cm³/mol. The van der Waals surface area contributed by atoms with Crippen LogP contribution in [0.5, 0.6) is 0 Å². The van der Waals surface area contributed by atoms with Crippen LogP contribution in [-0.2, 0) is 6.54 Å². The topological polar surface area (TPSA) is 51.0 Å². The number of aryl methyl sites for hydroxylation is 2. The number of amides is 1. The summed E-state index contributed by atoms with van der Waals surface area (Å²) in [6.45, 7) is 2.66. The van der Waals surface area contributed by atoms with Gasteiger partial charge < -0.3 is 4.90 Å². The van der Waals surface area contributed by atoms with Crippen molar-refractivity contribution in [3.8, 4) is 11.3 Å². The van der Waals surface area contributed by atoms with Crippen molar-refractivity contribution in [1.29, 1.82) is 0 Å². The zero-order valence-corrected chi connectivity index (χ0v) is 15.4. The summed E-state index contributed by atoms with van der Waals surface area (Å²) in [5.74, 6) is -0.196. The van der Waals surface area contributed by atoms with Gasteiger partial charge in [0, 0.05) is 31.2 Å². The van der Waals surface area contributed by atoms with Crippen LogP contribution in [0.3, 0.4) is 0 Å². The van der Waals surface area contributed by atoms with Gasteiger partial charge in [-0.2, -0.15) is 18.3 Å². The lowest BCUT2D eigenvalue weighted by Gasteiger charge is -2.15. The molecule has 5 nitrogen and oxygen atoms in total. The molecule has 1 aromatic carbocycles. The molecule has 2 aromatic heterocycles. The van der Waals surface area contributed by atoms with Crippen molar-refractivity contribution in [2.24, 2.45) is 0 Å². The highest BCUT2D eigenvalue weighted by atomic mass is 19.4. The number of nitrogens with zero attached hydrogens (tertiary/aromatic N) is 4. The molecule has 1 amide bonds. The Balaban J connectivity index is 2.18. The number of aromatic nitrogens is 3. The van der Waals surface area contributed by atoms with Crippen LogP contribution in [0.1, 0.15) is 21.5 Å². The first-order valence-electron chi connectivity index (χ1n) is 8.28. The molecule has 0 bridgehead atoms. The Labute approximate surface area is 154 Å². The molecule has 0 N–H and O–H groups in total. The second kappa shape index (κ2) is 6.68. The van der Waals surface area contributed by atoms with Gasteiger partial charge in [-0.3, -0.25) is 9.48 Å². The van der Waals surface area contributed by atoms with Crippen molar-refractivity contribution in [3.05, 3.63) is 47.3 Å². The third-order valence-corrected chi connectivity index (χ3v) is 4.16. The van der Waals surface area contributed by atoms with Gasteiger partial charge in [0.1, 0.15) is 6.54 Å². The fourth-order valence-corrected chi connectivity index (χ4v) is 3.08. The van der Waals surface area contributed by atoms with Crippen molar-refractivity contribution >= 4 is 16.8 Å². The van der Waals surface area contributed by atoms with Crippen LogP contribution in [0, 0.1) is 13.8 Å². The van der Waals surface area contributed by atoms with Crippen LogP contribution in [0.15, 0.2) is 30.6 Å². The van der Waals surface area contributed by atoms with E-state index in [4.69, 9.17) is 0 Å². The average molecular weight is 376 g/mol. The highest BCUT2D eigenvalue weighted by molar-refractivity contribution is 6.08. The van der Waals surface area contributed by atoms with E-state index in [1.165, 1.54) is 17.3 Å². The Morgan fingerprint density at radius 3 is 2.52 bits per heavy atom. The van der Waals surface area contributed by atoms with Gasteiger partial charge in [-0.05, 0) is 37.1 Å². The molecule has 0 aliphatic carbocycles. The second-order valence-electron chi connectivity index (χ2n) is 6.77. The minimum atomic E-state index is -4.36. The van der Waals surface area contributed by atoms with Crippen molar-refractivity contribution in [3.63, 3.8) is 0 Å². The van der Waals surface area contributed by atoms with E-state index >= 15 is 0 Å². The smallest absolute Gasteiger partial charge is 0.345 e. The molecule has 0 aliphatic rings. The maximum absolute atomic E-state index is 12.7. The first kappa shape index (κ1) is 18.9. The van der Waals surface area contributed by atoms with Gasteiger partial charge >= 0.3 is 6.18 Å². The Morgan fingerprint density at radius 2 is 1.89 bits per heavy atom. The maximum atomic E-state index is 12.7. The third kappa shape index (κ3) is 3.94. The monoisotopic (exact) mass is 376 g/mol. The number of hydrogen-bond donors (Lipinski definition) is 0. The molecule has 0 atom stereocenters. The summed E-state index contributed by atoms with van der Waals surface area (Å²) < 4.78 is 38.6. The number of benzene rings is 1. The number of fused-ring (bicyclic) bond motifs is 1. The largest absolute Gasteiger partial charge is 0.408 e. The summed E-state index contributed by atoms with van der Waals surface area (Å²) >= 11 is 0. The van der Waals surface area contributed by atoms with E-state index in [0.29, 0.717) is 22.3 Å². The highest BCUT2D eigenvalue weighted by Crippen LogP contribution is 2.29. The van der Waals surface area contributed by atoms with E-state index in [0.717, 1.165) is 21.2 Å². The molecule has 3 aromatic rings. The Kier molecular flexibility index (Phi) is 4.67. The van der Waals surface area contributed by atoms with Crippen LogP contribution in [0.2, 0.25) is 0 Å². The Bertz CT molecular complexity index is 1020. The quantitative estimate of drug-likeness (QED) is 0.695. The molecule has 0 aliphatic heterocycles. The minimum Gasteiger partial charge on any atom is -0.345 e. The summed E-state index contributed by atoms with van der Waals surface area (Å²) in [4.78, 5) is 18.7. The zero-order chi connectivity index (χ0) is 19.9. The predicted octanol–water partition coefficient (Wildman–Crippen LogP) is 3.98. The van der Waals surface area contributed by atoms with Gasteiger partial charge in [-0.15, -0.1) is 0 Å². The van der Waals surface area contributed by atoms with Crippen LogP contribution >= 0.6 is 0 Å². The second-order valence-corrected chi connectivity index (χ2v) is 6.77. The SMILES string of the molecule is Cc1cc(C)c2c(C(=O)N(C)C)cc(-c3cnn(CC(F)(F)F)c3)nc2c1. The summed E-state index contributed by atoms with van der Waals surface area (Å²) in [5.41, 5.74) is 3.82. The van der Waals surface area contributed by atoms with E-state index in [-0.39, 0.29) is 5.91 Å². The summed E-state index contributed by atoms with van der Waals surface area (Å²) in [5, 5.41) is 4.51. The van der Waals surface area contributed by atoms with Crippen molar-refractivity contribution in [2.45, 2.75) is 26.6 Å². The standard InChI is InChI=1S/C19H19F3N4O/c1-11-5-12(2)17-14(18(27)25(3)4)7-15(24-16(17)6-11)13-8-23-26(9-13)10-19(20,21)22/h5-9H,10H2,1-4H3. The molecule has 27 heavy (non-hydrogen) atoms. The number of carbonyl (C=O) groups is 1. The number of rotatable bonds is 3. The lowest BCUT2D eigenvalue weighted by atomic mass is 9.99. The van der Waals surface area contributed by atoms with Gasteiger partial charge in [0.15, 0.2) is 0 Å². The normalized spacial score (nSPS) is 11.8. The summed E-state index contributed by atoms with van der Waals surface area (Å²) in [6.07, 6.45) is -1.75. The maximum Gasteiger partial charge on any atom is 0.408 e. The van der Waals surface area contributed by atoms with Crippen LogP contribution in [0.25, 0.3) is 22.2 Å². The van der Waals surface area contributed by atoms with Crippen LogP contribution < -0.4 is 0 Å². The lowest BCUT2D eigenvalue weighted by Crippen LogP contribution is -2.22. The number of pyridine rings is 1. The fraction of sp³-hybridized carbons (Fsp3) is 0.316. The molecule has 0 radical (unpaired) electrons. The molecular formula is C19H19F3N4O. The van der Waals surface area contributed by atoms with E-state index in [1.54, 1.807) is 20.2 Å². The molecule has 8 heteroatoms. The van der Waals surface area contributed by atoms with E-state index < -0.39 is 12.7 Å². The molecular weight excluding hydrogens is 357 g/mol. The van der Waals surface area contributed by atoms with E-state index in [1.807, 2.05) is 26.0 Å². The fourth-order valence-electron chi connectivity index (χ4n) is 3.08. The molecule has 3 rings (SSSR count). The van der Waals surface area contributed by atoms with Crippen LogP contribution in [-0.4, -0.2) is 45.8 Å². The van der Waals surface area contributed by atoms with Gasteiger partial charge in [-0.1, -0.05) is 6.07 Å². The van der Waals surface area contributed by atoms with Gasteiger partial charge in [0.2, 0.25) is 0 Å². The zero-order valence-electron chi connectivity index (χ0n) is 15.4. The van der Waals surface area contributed by atoms with Gasteiger partial charge in [0.05, 0.1) is 23.0 Å². The van der Waals surface area contributed by atoms with Gasteiger partial charge in [0.25, 0.3) is 5.91 Å². The number of carbonyl (C=O) groups excluding carboxylic acids is 1. The van der Waals surface area contributed by atoms with Gasteiger partial charge in [-0.25, -0.2) is 4.98 Å². The van der Waals surface area contributed by atoms with Crippen LogP contribution in [0.4, 0.5) is 13.2 Å². The number of alkyl halides is 3. The van der Waals surface area contributed by atoms with E-state index in [9.17, 15) is 18.0 Å². The summed E-state index contributed by atoms with van der Waals surface area (Å²) in [6, 6.07) is 5.44. The third-order valence-electron chi connectivity index (χ3n) is 4.16. The Morgan fingerprint density at radius 1 is 1.19 bits per heavy atom. The average Bonchev–Trinajstić information content (AvgIpc) is 2.98. The van der Waals surface area contributed by atoms with Crippen molar-refractivity contribution in [2.75, 3.05) is 14.1 Å². The highest BCUT2D eigenvalue weighted by Gasteiger charge is 2.28. The van der Waals surface area contributed by atoms with Crippen molar-refractivity contribution < 1.29 is 18.0 Å². The molecule has 0 saturated carbocycles. The Hall–Kier alpha value is -2.90. The molecule has 142 valence electrons. The first-order chi connectivity index (χ1) is 12.5. The molecule has 0 unspecified atom stereocenters.